The maximum Gasteiger partial charge on any atom is 0.270 e. The van der Waals surface area contributed by atoms with Gasteiger partial charge >= 0.3 is 0 Å². The highest BCUT2D eigenvalue weighted by atomic mass is 32.1. The topological polar surface area (TPSA) is 33.0 Å². The molecule has 114 valence electrons. The number of hydrogen-bond acceptors (Lipinski definition) is 2. The molecule has 1 aromatic heterocycles. The quantitative estimate of drug-likeness (QED) is 0.523. The monoisotopic (exact) mass is 313 g/mol. The summed E-state index contributed by atoms with van der Waals surface area (Å²) in [6.45, 7) is 6.72. The lowest BCUT2D eigenvalue weighted by atomic mass is 9.99. The number of carbonyl (C=O) groups is 1. The molecule has 0 aliphatic heterocycles. The zero-order valence-electron chi connectivity index (χ0n) is 13.2. The van der Waals surface area contributed by atoms with Crippen molar-refractivity contribution in [3.63, 3.8) is 0 Å². The van der Waals surface area contributed by atoms with Crippen LogP contribution in [-0.2, 0) is 0 Å². The molecule has 0 radical (unpaired) electrons. The highest BCUT2D eigenvalue weighted by Gasteiger charge is 2.32. The molecule has 1 N–H and O–H groups in total. The molecule has 1 heterocycles. The van der Waals surface area contributed by atoms with Gasteiger partial charge in [0.2, 0.25) is 5.78 Å². The van der Waals surface area contributed by atoms with E-state index in [1.807, 2.05) is 74.1 Å². The van der Waals surface area contributed by atoms with Crippen LogP contribution in [0.15, 0.2) is 48.8 Å². The molecule has 0 spiro atoms. The van der Waals surface area contributed by atoms with E-state index in [-0.39, 0.29) is 5.78 Å². The Morgan fingerprint density at radius 2 is 1.86 bits per heavy atom. The van der Waals surface area contributed by atoms with E-state index >= 15 is 0 Å². The van der Waals surface area contributed by atoms with Gasteiger partial charge in [0, 0.05) is 24.2 Å². The van der Waals surface area contributed by atoms with Gasteiger partial charge < -0.3 is 5.32 Å². The minimum atomic E-state index is -0.516. The Morgan fingerprint density at radius 1 is 1.18 bits per heavy atom. The molecule has 2 rings (SSSR count). The van der Waals surface area contributed by atoms with E-state index in [9.17, 15) is 4.79 Å². The molecule has 2 aromatic rings. The molecule has 1 unspecified atom stereocenters. The summed E-state index contributed by atoms with van der Waals surface area (Å²) in [5.74, 6) is 0.00486. The number of nitrogens with zero attached hydrogens (tertiary/aromatic N) is 1. The minimum absolute atomic E-state index is 0.00486. The van der Waals surface area contributed by atoms with E-state index in [1.54, 1.807) is 0 Å². The van der Waals surface area contributed by atoms with Gasteiger partial charge in [-0.05, 0) is 38.0 Å². The summed E-state index contributed by atoms with van der Waals surface area (Å²) in [5.41, 5.74) is 2.97. The highest BCUT2D eigenvalue weighted by Crippen LogP contribution is 2.15. The SMILES string of the molecule is CCNC(=S)C(C(=O)c1ccc(C)c(C)c1)[n+]1ccccc1. The van der Waals surface area contributed by atoms with Crippen LogP contribution in [0.5, 0.6) is 0 Å². The first-order valence-electron chi connectivity index (χ1n) is 7.39. The van der Waals surface area contributed by atoms with Crippen LogP contribution in [0.25, 0.3) is 0 Å². The summed E-state index contributed by atoms with van der Waals surface area (Å²) in [7, 11) is 0. The Morgan fingerprint density at radius 3 is 2.45 bits per heavy atom. The van der Waals surface area contributed by atoms with Crippen molar-refractivity contribution < 1.29 is 9.36 Å². The number of benzene rings is 1. The van der Waals surface area contributed by atoms with Crippen LogP contribution in [0.4, 0.5) is 0 Å². The number of likely N-dealkylation sites (N-methyl/N-ethyl adjacent to an activating group) is 1. The van der Waals surface area contributed by atoms with Gasteiger partial charge in [0.05, 0.1) is 0 Å². The second-order valence-corrected chi connectivity index (χ2v) is 5.72. The van der Waals surface area contributed by atoms with Crippen LogP contribution in [0.1, 0.15) is 34.5 Å². The van der Waals surface area contributed by atoms with E-state index in [2.05, 4.69) is 5.32 Å². The first-order chi connectivity index (χ1) is 10.5. The van der Waals surface area contributed by atoms with E-state index in [4.69, 9.17) is 12.2 Å². The third kappa shape index (κ3) is 3.57. The summed E-state index contributed by atoms with van der Waals surface area (Å²) < 4.78 is 1.85. The van der Waals surface area contributed by atoms with Gasteiger partial charge in [0.1, 0.15) is 0 Å². The summed E-state index contributed by atoms with van der Waals surface area (Å²) in [5, 5.41) is 3.11. The fourth-order valence-electron chi connectivity index (χ4n) is 2.30. The fourth-order valence-corrected chi connectivity index (χ4v) is 2.67. The first kappa shape index (κ1) is 16.3. The van der Waals surface area contributed by atoms with Crippen molar-refractivity contribution in [1.29, 1.82) is 0 Å². The van der Waals surface area contributed by atoms with E-state index < -0.39 is 6.04 Å². The van der Waals surface area contributed by atoms with Crippen LogP contribution >= 0.6 is 12.2 Å². The van der Waals surface area contributed by atoms with Crippen LogP contribution in [0.3, 0.4) is 0 Å². The molecular formula is C18H21N2OS+. The van der Waals surface area contributed by atoms with E-state index in [0.717, 1.165) is 5.56 Å². The Labute approximate surface area is 137 Å². The summed E-state index contributed by atoms with van der Waals surface area (Å²) >= 11 is 5.44. The highest BCUT2D eigenvalue weighted by molar-refractivity contribution is 7.80. The van der Waals surface area contributed by atoms with E-state index in [0.29, 0.717) is 17.1 Å². The Balaban J connectivity index is 2.42. The normalized spacial score (nSPS) is 11.8. The van der Waals surface area contributed by atoms with Gasteiger partial charge in [-0.25, -0.2) is 0 Å². The second-order valence-electron chi connectivity index (χ2n) is 5.28. The van der Waals surface area contributed by atoms with Crippen molar-refractivity contribution in [3.05, 3.63) is 65.5 Å². The largest absolute Gasteiger partial charge is 0.374 e. The van der Waals surface area contributed by atoms with Gasteiger partial charge in [-0.3, -0.25) is 4.79 Å². The molecule has 0 fully saturated rings. The number of aromatic nitrogens is 1. The molecule has 4 heteroatoms. The lowest BCUT2D eigenvalue weighted by molar-refractivity contribution is -0.692. The van der Waals surface area contributed by atoms with Crippen LogP contribution < -0.4 is 9.88 Å². The second kappa shape index (κ2) is 7.27. The van der Waals surface area contributed by atoms with Crippen molar-refractivity contribution >= 4 is 23.0 Å². The summed E-state index contributed by atoms with van der Waals surface area (Å²) in [6.07, 6.45) is 3.74. The number of hydrogen-bond donors (Lipinski definition) is 1. The zero-order valence-corrected chi connectivity index (χ0v) is 14.0. The van der Waals surface area contributed by atoms with Gasteiger partial charge in [0.25, 0.3) is 6.04 Å². The minimum Gasteiger partial charge on any atom is -0.374 e. The summed E-state index contributed by atoms with van der Waals surface area (Å²) in [4.78, 5) is 13.5. The average molecular weight is 313 g/mol. The van der Waals surface area contributed by atoms with Crippen molar-refractivity contribution in [1.82, 2.24) is 5.32 Å². The van der Waals surface area contributed by atoms with Crippen LogP contribution in [0.2, 0.25) is 0 Å². The number of Topliss-reactive ketones (excluding diaryl/α,β-unsaturated/α-hetero) is 1. The van der Waals surface area contributed by atoms with Crippen molar-refractivity contribution in [2.45, 2.75) is 26.8 Å². The maximum atomic E-state index is 13.0. The van der Waals surface area contributed by atoms with Gasteiger partial charge in [0.15, 0.2) is 17.4 Å². The van der Waals surface area contributed by atoms with Gasteiger partial charge in [-0.15, -0.1) is 0 Å². The van der Waals surface area contributed by atoms with Crippen LogP contribution in [-0.4, -0.2) is 17.3 Å². The van der Waals surface area contributed by atoms with E-state index in [1.165, 1.54) is 5.56 Å². The number of thiocarbonyl (C=S) groups is 1. The van der Waals surface area contributed by atoms with Crippen molar-refractivity contribution in [3.8, 4) is 0 Å². The fraction of sp³-hybridized carbons (Fsp3) is 0.278. The van der Waals surface area contributed by atoms with Gasteiger partial charge in [-0.2, -0.15) is 4.57 Å². The molecular weight excluding hydrogens is 292 g/mol. The first-order valence-corrected chi connectivity index (χ1v) is 7.80. The van der Waals surface area contributed by atoms with Crippen molar-refractivity contribution in [2.24, 2.45) is 0 Å². The molecule has 22 heavy (non-hydrogen) atoms. The van der Waals surface area contributed by atoms with Gasteiger partial charge in [-0.1, -0.05) is 30.4 Å². The lowest BCUT2D eigenvalue weighted by Crippen LogP contribution is -2.51. The molecule has 0 saturated carbocycles. The molecule has 0 saturated heterocycles. The predicted octanol–water partition coefficient (Wildman–Crippen LogP) is 2.95. The molecule has 1 aromatic carbocycles. The predicted molar refractivity (Wildman–Crippen MR) is 92.2 cm³/mol. The van der Waals surface area contributed by atoms with Crippen LogP contribution in [0, 0.1) is 13.8 Å². The molecule has 0 bridgehead atoms. The molecule has 0 aliphatic carbocycles. The standard InChI is InChI=1S/C18H20N2OS/c1-4-19-18(22)16(20-10-6-5-7-11-20)17(21)15-9-8-13(2)14(3)12-15/h5-12,16H,4H2,1-3H3/p+1. The number of ketones is 1. The number of carbonyl (C=O) groups excluding carboxylic acids is 1. The number of aryl methyl sites for hydroxylation is 2. The van der Waals surface area contributed by atoms with Crippen molar-refractivity contribution in [2.75, 3.05) is 6.54 Å². The summed E-state index contributed by atoms with van der Waals surface area (Å²) in [6, 6.07) is 11.0. The lowest BCUT2D eigenvalue weighted by Gasteiger charge is -2.14. The number of rotatable bonds is 5. The maximum absolute atomic E-state index is 13.0. The molecule has 1 atom stereocenters. The zero-order chi connectivity index (χ0) is 16.1. The molecule has 0 aliphatic rings. The average Bonchev–Trinajstić information content (AvgIpc) is 2.51. The Hall–Kier alpha value is -2.07. The Kier molecular flexibility index (Phi) is 5.39. The Bertz CT molecular complexity index is 683. The molecule has 0 amide bonds. The third-order valence-corrected chi connectivity index (χ3v) is 4.04. The number of pyridine rings is 1. The molecule has 3 nitrogen and oxygen atoms in total. The smallest absolute Gasteiger partial charge is 0.270 e. The number of nitrogens with one attached hydrogen (secondary N) is 1. The third-order valence-electron chi connectivity index (χ3n) is 3.68.